The molecule has 3 aromatic rings. The van der Waals surface area contributed by atoms with Crippen LogP contribution in [0.3, 0.4) is 0 Å². The standard InChI is InChI=1S/C22H27N5O/c1-26(2)20-7-4-15(5-8-20)22(28)12-19-11-17-10-16(6-9-21(17)25-24-19)18-13-23-27(3)14-18/h6,9-11,13-15,20H,4-5,7-8,12H2,1-3H3. The van der Waals surface area contributed by atoms with Crippen LogP contribution in [0, 0.1) is 5.92 Å². The van der Waals surface area contributed by atoms with Gasteiger partial charge >= 0.3 is 0 Å². The third kappa shape index (κ3) is 3.97. The van der Waals surface area contributed by atoms with Gasteiger partial charge in [0.2, 0.25) is 0 Å². The Labute approximate surface area is 165 Å². The van der Waals surface area contributed by atoms with Crippen LogP contribution in [0.4, 0.5) is 0 Å². The summed E-state index contributed by atoms with van der Waals surface area (Å²) in [7, 11) is 6.15. The minimum atomic E-state index is 0.162. The average molecular weight is 377 g/mol. The van der Waals surface area contributed by atoms with Gasteiger partial charge in [0.1, 0.15) is 5.78 Å². The largest absolute Gasteiger partial charge is 0.306 e. The van der Waals surface area contributed by atoms with Gasteiger partial charge in [0.05, 0.1) is 23.8 Å². The number of benzene rings is 1. The SMILES string of the molecule is CN(C)C1CCC(C(=O)Cc2cc3cc(-c4cnn(C)c4)ccc3nn2)CC1. The fraction of sp³-hybridized carbons (Fsp3) is 0.455. The average Bonchev–Trinajstić information content (AvgIpc) is 3.14. The molecule has 1 fully saturated rings. The van der Waals surface area contributed by atoms with Gasteiger partial charge in [-0.25, -0.2) is 0 Å². The summed E-state index contributed by atoms with van der Waals surface area (Å²) < 4.78 is 1.79. The summed E-state index contributed by atoms with van der Waals surface area (Å²) in [5.74, 6) is 0.463. The van der Waals surface area contributed by atoms with Crippen LogP contribution in [0.2, 0.25) is 0 Å². The molecule has 0 spiro atoms. The zero-order valence-electron chi connectivity index (χ0n) is 16.8. The van der Waals surface area contributed by atoms with E-state index in [1.54, 1.807) is 4.68 Å². The summed E-state index contributed by atoms with van der Waals surface area (Å²) in [5.41, 5.74) is 3.76. The second-order valence-electron chi connectivity index (χ2n) is 8.12. The lowest BCUT2D eigenvalue weighted by Gasteiger charge is -2.31. The molecular weight excluding hydrogens is 350 g/mol. The van der Waals surface area contributed by atoms with Crippen LogP contribution >= 0.6 is 0 Å². The number of hydrogen-bond donors (Lipinski definition) is 0. The first-order valence-corrected chi connectivity index (χ1v) is 9.94. The highest BCUT2D eigenvalue weighted by Crippen LogP contribution is 2.28. The molecule has 0 atom stereocenters. The van der Waals surface area contributed by atoms with Crippen molar-refractivity contribution >= 4 is 16.7 Å². The Morgan fingerprint density at radius 1 is 1.11 bits per heavy atom. The summed E-state index contributed by atoms with van der Waals surface area (Å²) in [5, 5.41) is 13.9. The molecule has 0 unspecified atom stereocenters. The van der Waals surface area contributed by atoms with Crippen molar-refractivity contribution in [1.29, 1.82) is 0 Å². The molecule has 28 heavy (non-hydrogen) atoms. The molecule has 146 valence electrons. The predicted octanol–water partition coefficient (Wildman–Crippen LogP) is 3.26. The summed E-state index contributed by atoms with van der Waals surface area (Å²) in [6.45, 7) is 0. The zero-order chi connectivity index (χ0) is 19.7. The maximum atomic E-state index is 12.8. The Morgan fingerprint density at radius 3 is 2.57 bits per heavy atom. The minimum Gasteiger partial charge on any atom is -0.306 e. The summed E-state index contributed by atoms with van der Waals surface area (Å²) in [4.78, 5) is 15.1. The number of carbonyl (C=O) groups is 1. The molecule has 2 heterocycles. The van der Waals surface area contributed by atoms with Gasteiger partial charge in [-0.3, -0.25) is 9.48 Å². The molecule has 0 radical (unpaired) electrons. The quantitative estimate of drug-likeness (QED) is 0.683. The van der Waals surface area contributed by atoms with E-state index in [0.29, 0.717) is 18.2 Å². The van der Waals surface area contributed by atoms with Gasteiger partial charge in [-0.1, -0.05) is 6.07 Å². The first kappa shape index (κ1) is 18.7. The van der Waals surface area contributed by atoms with Crippen molar-refractivity contribution in [1.82, 2.24) is 24.9 Å². The topological polar surface area (TPSA) is 63.9 Å². The molecule has 0 aliphatic heterocycles. The predicted molar refractivity (Wildman–Crippen MR) is 110 cm³/mol. The van der Waals surface area contributed by atoms with E-state index in [-0.39, 0.29) is 5.92 Å². The van der Waals surface area contributed by atoms with Crippen molar-refractivity contribution in [2.24, 2.45) is 13.0 Å². The highest BCUT2D eigenvalue weighted by Gasteiger charge is 2.27. The second-order valence-corrected chi connectivity index (χ2v) is 8.12. The number of nitrogens with zero attached hydrogens (tertiary/aromatic N) is 5. The number of Topliss-reactive ketones (excluding diaryl/α,β-unsaturated/α-hetero) is 1. The van der Waals surface area contributed by atoms with E-state index < -0.39 is 0 Å². The fourth-order valence-corrected chi connectivity index (χ4v) is 4.16. The van der Waals surface area contributed by atoms with E-state index in [0.717, 1.165) is 53.4 Å². The van der Waals surface area contributed by atoms with Gasteiger partial charge < -0.3 is 4.90 Å². The Bertz CT molecular complexity index is 986. The van der Waals surface area contributed by atoms with Crippen LogP contribution in [0.25, 0.3) is 22.0 Å². The number of carbonyl (C=O) groups excluding carboxylic acids is 1. The van der Waals surface area contributed by atoms with Gasteiger partial charge in [-0.15, -0.1) is 0 Å². The van der Waals surface area contributed by atoms with Crippen molar-refractivity contribution in [2.45, 2.75) is 38.1 Å². The summed E-state index contributed by atoms with van der Waals surface area (Å²) >= 11 is 0. The molecule has 0 bridgehead atoms. The van der Waals surface area contributed by atoms with E-state index in [1.807, 2.05) is 37.6 Å². The molecule has 6 nitrogen and oxygen atoms in total. The molecule has 1 saturated carbocycles. The molecule has 1 aliphatic rings. The van der Waals surface area contributed by atoms with Crippen LogP contribution in [0.15, 0.2) is 36.7 Å². The first-order chi connectivity index (χ1) is 13.5. The van der Waals surface area contributed by atoms with Gasteiger partial charge in [-0.05, 0) is 63.5 Å². The highest BCUT2D eigenvalue weighted by molar-refractivity contribution is 5.86. The maximum absolute atomic E-state index is 12.8. The lowest BCUT2D eigenvalue weighted by molar-refractivity contribution is -0.123. The van der Waals surface area contributed by atoms with Crippen LogP contribution in [0.1, 0.15) is 31.4 Å². The molecule has 0 amide bonds. The lowest BCUT2D eigenvalue weighted by Crippen LogP contribution is -2.34. The van der Waals surface area contributed by atoms with Gasteiger partial charge in [0.25, 0.3) is 0 Å². The molecule has 0 N–H and O–H groups in total. The fourth-order valence-electron chi connectivity index (χ4n) is 4.16. The van der Waals surface area contributed by atoms with E-state index in [2.05, 4.69) is 40.4 Å². The number of aryl methyl sites for hydroxylation is 1. The summed E-state index contributed by atoms with van der Waals surface area (Å²) in [6.07, 6.45) is 8.37. The molecule has 1 aliphatic carbocycles. The Hall–Kier alpha value is -2.60. The monoisotopic (exact) mass is 377 g/mol. The van der Waals surface area contributed by atoms with E-state index in [1.165, 1.54) is 0 Å². The van der Waals surface area contributed by atoms with Crippen LogP contribution in [0.5, 0.6) is 0 Å². The van der Waals surface area contributed by atoms with E-state index in [4.69, 9.17) is 0 Å². The first-order valence-electron chi connectivity index (χ1n) is 9.94. The van der Waals surface area contributed by atoms with Gasteiger partial charge in [0, 0.05) is 36.2 Å². The Balaban J connectivity index is 1.49. The van der Waals surface area contributed by atoms with Crippen molar-refractivity contribution in [3.63, 3.8) is 0 Å². The van der Waals surface area contributed by atoms with Crippen molar-refractivity contribution in [2.75, 3.05) is 14.1 Å². The van der Waals surface area contributed by atoms with Crippen molar-refractivity contribution in [3.05, 3.63) is 42.4 Å². The third-order valence-electron chi connectivity index (χ3n) is 5.91. The molecule has 0 saturated heterocycles. The maximum Gasteiger partial charge on any atom is 0.141 e. The molecular formula is C22H27N5O. The van der Waals surface area contributed by atoms with Gasteiger partial charge in [-0.2, -0.15) is 15.3 Å². The van der Waals surface area contributed by atoms with Crippen LogP contribution in [-0.4, -0.2) is 50.8 Å². The van der Waals surface area contributed by atoms with Crippen LogP contribution < -0.4 is 0 Å². The normalized spacial score (nSPS) is 20.0. The van der Waals surface area contributed by atoms with Crippen molar-refractivity contribution < 1.29 is 4.79 Å². The van der Waals surface area contributed by atoms with Crippen LogP contribution in [-0.2, 0) is 18.3 Å². The zero-order valence-corrected chi connectivity index (χ0v) is 16.8. The molecule has 4 rings (SSSR count). The molecule has 6 heteroatoms. The van der Waals surface area contributed by atoms with Gasteiger partial charge in [0.15, 0.2) is 0 Å². The minimum absolute atomic E-state index is 0.162. The second kappa shape index (κ2) is 7.80. The van der Waals surface area contributed by atoms with E-state index >= 15 is 0 Å². The number of aromatic nitrogens is 4. The smallest absolute Gasteiger partial charge is 0.141 e. The van der Waals surface area contributed by atoms with E-state index in [9.17, 15) is 4.79 Å². The number of rotatable bonds is 5. The third-order valence-corrected chi connectivity index (χ3v) is 5.91. The summed E-state index contributed by atoms with van der Waals surface area (Å²) in [6, 6.07) is 8.71. The van der Waals surface area contributed by atoms with Crippen molar-refractivity contribution in [3.8, 4) is 11.1 Å². The number of ketones is 1. The number of fused-ring (bicyclic) bond motifs is 1. The lowest BCUT2D eigenvalue weighted by atomic mass is 9.82. The number of hydrogen-bond acceptors (Lipinski definition) is 5. The highest BCUT2D eigenvalue weighted by atomic mass is 16.1. The Morgan fingerprint density at radius 2 is 1.89 bits per heavy atom. The Kier molecular flexibility index (Phi) is 5.22. The molecule has 2 aromatic heterocycles. The molecule has 1 aromatic carbocycles.